The number of para-hydroxylation sites is 1. The molecule has 0 amide bonds. The summed E-state index contributed by atoms with van der Waals surface area (Å²) in [7, 11) is 3.47. The lowest BCUT2D eigenvalue weighted by Gasteiger charge is -2.41. The lowest BCUT2D eigenvalue weighted by Crippen LogP contribution is -2.41. The molecule has 0 saturated carbocycles. The predicted molar refractivity (Wildman–Crippen MR) is 135 cm³/mol. The largest absolute Gasteiger partial charge is 0.493 e. The highest BCUT2D eigenvalue weighted by Gasteiger charge is 2.37. The molecule has 1 aromatic heterocycles. The van der Waals surface area contributed by atoms with Crippen LogP contribution in [0.25, 0.3) is 10.9 Å². The van der Waals surface area contributed by atoms with Crippen molar-refractivity contribution in [3.8, 4) is 11.5 Å². The Morgan fingerprint density at radius 1 is 1.03 bits per heavy atom. The van der Waals surface area contributed by atoms with Crippen molar-refractivity contribution in [1.82, 2.24) is 9.88 Å². The average molecular weight is 461 g/mol. The molecule has 0 aliphatic carbocycles. The molecular formula is C29H36N2O3. The van der Waals surface area contributed by atoms with Gasteiger partial charge in [0, 0.05) is 36.2 Å². The number of nitrogens with one attached hydrogen (secondary N) is 1. The van der Waals surface area contributed by atoms with Gasteiger partial charge in [0.05, 0.1) is 26.4 Å². The van der Waals surface area contributed by atoms with E-state index in [1.807, 2.05) is 0 Å². The summed E-state index contributed by atoms with van der Waals surface area (Å²) in [6, 6.07) is 13.5. The Labute approximate surface area is 202 Å². The second-order valence-electron chi connectivity index (χ2n) is 10.4. The van der Waals surface area contributed by atoms with Gasteiger partial charge in [0.2, 0.25) is 0 Å². The molecule has 4 heterocycles. The van der Waals surface area contributed by atoms with Crippen molar-refractivity contribution < 1.29 is 14.2 Å². The summed E-state index contributed by atoms with van der Waals surface area (Å²) >= 11 is 0. The van der Waals surface area contributed by atoms with Crippen LogP contribution in [0.4, 0.5) is 0 Å². The van der Waals surface area contributed by atoms with E-state index in [-0.39, 0.29) is 0 Å². The molecule has 180 valence electrons. The van der Waals surface area contributed by atoms with Crippen molar-refractivity contribution in [1.29, 1.82) is 0 Å². The molecule has 2 fully saturated rings. The highest BCUT2D eigenvalue weighted by molar-refractivity contribution is 5.83. The first kappa shape index (κ1) is 22.0. The Morgan fingerprint density at radius 2 is 1.79 bits per heavy atom. The van der Waals surface area contributed by atoms with Gasteiger partial charge in [0.1, 0.15) is 0 Å². The number of aromatic amines is 1. The summed E-state index contributed by atoms with van der Waals surface area (Å²) in [4.78, 5) is 6.22. The summed E-state index contributed by atoms with van der Waals surface area (Å²) in [5.41, 5.74) is 5.46. The van der Waals surface area contributed by atoms with Gasteiger partial charge in [-0.3, -0.25) is 4.90 Å². The molecule has 5 heteroatoms. The van der Waals surface area contributed by atoms with E-state index in [0.717, 1.165) is 43.2 Å². The first-order valence-corrected chi connectivity index (χ1v) is 12.9. The van der Waals surface area contributed by atoms with Crippen LogP contribution in [0.2, 0.25) is 0 Å². The zero-order valence-electron chi connectivity index (χ0n) is 20.4. The van der Waals surface area contributed by atoms with Crippen LogP contribution in [0, 0.1) is 5.92 Å². The molecular weight excluding hydrogens is 424 g/mol. The number of methoxy groups -OCH3 is 2. The second-order valence-corrected chi connectivity index (χ2v) is 10.4. The van der Waals surface area contributed by atoms with Crippen LogP contribution in [0.5, 0.6) is 11.5 Å². The average Bonchev–Trinajstić information content (AvgIpc) is 3.44. The van der Waals surface area contributed by atoms with E-state index < -0.39 is 0 Å². The van der Waals surface area contributed by atoms with Crippen molar-refractivity contribution in [3.63, 3.8) is 0 Å². The first-order valence-electron chi connectivity index (χ1n) is 12.9. The van der Waals surface area contributed by atoms with Crippen molar-refractivity contribution >= 4 is 10.9 Å². The number of hydrogen-bond acceptors (Lipinski definition) is 4. The third kappa shape index (κ3) is 4.09. The molecule has 2 saturated heterocycles. The standard InChI is InChI=1S/C29H36N2O3/c1-32-28-15-20-11-12-31(18-19-13-22-8-9-23(14-19)34-22)27(25(20)16-29(28)33-2)10-7-21-17-30-26-6-4-3-5-24(21)26/h3-6,15-17,19,22-23,27,30H,7-14,18H2,1-2H3/t19?,22-,23+,27?. The Morgan fingerprint density at radius 3 is 2.59 bits per heavy atom. The molecule has 3 aliphatic rings. The number of aromatic nitrogens is 1. The van der Waals surface area contributed by atoms with Gasteiger partial charge in [-0.05, 0) is 85.8 Å². The summed E-state index contributed by atoms with van der Waals surface area (Å²) in [6.07, 6.45) is 11.4. The predicted octanol–water partition coefficient (Wildman–Crippen LogP) is 5.67. The van der Waals surface area contributed by atoms with Gasteiger partial charge in [-0.1, -0.05) is 18.2 Å². The normalized spacial score (nSPS) is 26.5. The maximum absolute atomic E-state index is 6.14. The fourth-order valence-electron chi connectivity index (χ4n) is 6.71. The Bertz CT molecular complexity index is 1140. The fourth-order valence-corrected chi connectivity index (χ4v) is 6.71. The third-order valence-electron chi connectivity index (χ3n) is 8.36. The van der Waals surface area contributed by atoms with Crippen molar-refractivity contribution in [3.05, 3.63) is 59.3 Å². The van der Waals surface area contributed by atoms with Crippen molar-refractivity contribution in [2.24, 2.45) is 5.92 Å². The van der Waals surface area contributed by atoms with Gasteiger partial charge in [0.25, 0.3) is 0 Å². The minimum Gasteiger partial charge on any atom is -0.493 e. The topological polar surface area (TPSA) is 46.7 Å². The van der Waals surface area contributed by atoms with Crippen LogP contribution >= 0.6 is 0 Å². The summed E-state index contributed by atoms with van der Waals surface area (Å²) in [5, 5.41) is 1.35. The van der Waals surface area contributed by atoms with Gasteiger partial charge in [0.15, 0.2) is 11.5 Å². The number of ether oxygens (including phenoxy) is 3. The molecule has 0 radical (unpaired) electrons. The lowest BCUT2D eigenvalue weighted by atomic mass is 9.86. The minimum absolute atomic E-state index is 0.387. The van der Waals surface area contributed by atoms with Gasteiger partial charge in [-0.25, -0.2) is 0 Å². The zero-order chi connectivity index (χ0) is 23.1. The number of hydrogen-bond donors (Lipinski definition) is 1. The molecule has 2 aromatic carbocycles. The number of benzene rings is 2. The van der Waals surface area contributed by atoms with E-state index in [1.165, 1.54) is 59.8 Å². The monoisotopic (exact) mass is 460 g/mol. The number of fused-ring (bicyclic) bond motifs is 4. The summed E-state index contributed by atoms with van der Waals surface area (Å²) in [5.74, 6) is 2.42. The van der Waals surface area contributed by atoms with Crippen LogP contribution in [0.1, 0.15) is 54.8 Å². The van der Waals surface area contributed by atoms with E-state index in [9.17, 15) is 0 Å². The minimum atomic E-state index is 0.387. The molecule has 2 unspecified atom stereocenters. The molecule has 3 aromatic rings. The quantitative estimate of drug-likeness (QED) is 0.493. The number of H-pyrrole nitrogens is 1. The van der Waals surface area contributed by atoms with E-state index in [1.54, 1.807) is 14.2 Å². The van der Waals surface area contributed by atoms with Gasteiger partial charge < -0.3 is 19.2 Å². The molecule has 5 nitrogen and oxygen atoms in total. The van der Waals surface area contributed by atoms with E-state index >= 15 is 0 Å². The van der Waals surface area contributed by atoms with Crippen LogP contribution in [0.15, 0.2) is 42.6 Å². The van der Waals surface area contributed by atoms with Crippen molar-refractivity contribution in [2.75, 3.05) is 27.3 Å². The van der Waals surface area contributed by atoms with Gasteiger partial charge >= 0.3 is 0 Å². The second kappa shape index (κ2) is 9.27. The van der Waals surface area contributed by atoms with Gasteiger partial charge in [-0.2, -0.15) is 0 Å². The maximum atomic E-state index is 6.14. The lowest BCUT2D eigenvalue weighted by molar-refractivity contribution is -0.0300. The van der Waals surface area contributed by atoms with Crippen molar-refractivity contribution in [2.45, 2.75) is 63.2 Å². The van der Waals surface area contributed by atoms with Gasteiger partial charge in [-0.15, -0.1) is 0 Å². The zero-order valence-corrected chi connectivity index (χ0v) is 20.4. The van der Waals surface area contributed by atoms with Crippen LogP contribution < -0.4 is 9.47 Å². The third-order valence-corrected chi connectivity index (χ3v) is 8.36. The Kier molecular flexibility index (Phi) is 6.00. The SMILES string of the molecule is COc1cc2c(cc1OC)C(CCc1c[nH]c3ccccc13)N(CC1C[C@H]3CC[C@@H](C1)O3)CC2. The summed E-state index contributed by atoms with van der Waals surface area (Å²) < 4.78 is 17.5. The van der Waals surface area contributed by atoms with E-state index in [0.29, 0.717) is 18.2 Å². The Hall–Kier alpha value is -2.50. The fraction of sp³-hybridized carbons (Fsp3) is 0.517. The van der Waals surface area contributed by atoms with Crippen LogP contribution in [-0.2, 0) is 17.6 Å². The molecule has 6 rings (SSSR count). The first-order chi connectivity index (χ1) is 16.7. The van der Waals surface area contributed by atoms with Crippen LogP contribution in [-0.4, -0.2) is 49.4 Å². The van der Waals surface area contributed by atoms with E-state index in [4.69, 9.17) is 14.2 Å². The number of aryl methyl sites for hydroxylation is 1. The molecule has 2 bridgehead atoms. The molecule has 0 spiro atoms. The number of rotatable bonds is 7. The highest BCUT2D eigenvalue weighted by atomic mass is 16.5. The summed E-state index contributed by atoms with van der Waals surface area (Å²) in [6.45, 7) is 2.27. The molecule has 3 aliphatic heterocycles. The molecule has 34 heavy (non-hydrogen) atoms. The van der Waals surface area contributed by atoms with Crippen LogP contribution in [0.3, 0.4) is 0 Å². The Balaban J connectivity index is 1.29. The smallest absolute Gasteiger partial charge is 0.161 e. The highest BCUT2D eigenvalue weighted by Crippen LogP contribution is 2.42. The molecule has 1 N–H and O–H groups in total. The molecule has 4 atom stereocenters. The van der Waals surface area contributed by atoms with E-state index in [2.05, 4.69) is 52.5 Å². The maximum Gasteiger partial charge on any atom is 0.161 e. The number of nitrogens with zero attached hydrogens (tertiary/aromatic N) is 1.